The third-order valence-electron chi connectivity index (χ3n) is 5.02. The molecule has 4 rings (SSSR count). The first-order valence-corrected chi connectivity index (χ1v) is 12.4. The Morgan fingerprint density at radius 1 is 1.18 bits per heavy atom. The van der Waals surface area contributed by atoms with E-state index in [1.54, 1.807) is 42.3 Å². The topological polar surface area (TPSA) is 86.0 Å². The minimum absolute atomic E-state index is 0.0719. The lowest BCUT2D eigenvalue weighted by Crippen LogP contribution is -2.43. The van der Waals surface area contributed by atoms with Crippen LogP contribution in [0.5, 0.6) is 5.75 Å². The van der Waals surface area contributed by atoms with Crippen LogP contribution in [-0.4, -0.2) is 59.6 Å². The Bertz CT molecular complexity index is 1280. The molecule has 1 saturated heterocycles. The molecule has 172 valence electrons. The summed E-state index contributed by atoms with van der Waals surface area (Å²) in [5, 5.41) is 4.82. The summed E-state index contributed by atoms with van der Waals surface area (Å²) < 4.78 is 14.4. The minimum atomic E-state index is -0.255. The minimum Gasteiger partial charge on any atom is -0.481 e. The first-order valence-electron chi connectivity index (χ1n) is 10.0. The van der Waals surface area contributed by atoms with Crippen LogP contribution in [0, 0.1) is 6.92 Å². The summed E-state index contributed by atoms with van der Waals surface area (Å²) in [6.45, 7) is 3.88. The van der Waals surface area contributed by atoms with Gasteiger partial charge in [-0.3, -0.25) is 9.59 Å². The van der Waals surface area contributed by atoms with Crippen LogP contribution in [-0.2, 0) is 9.53 Å². The molecule has 8 nitrogen and oxygen atoms in total. The Balaban J connectivity index is 1.54. The Labute approximate surface area is 215 Å². The number of carbonyl (C=O) groups excluding carboxylic acids is 1. The van der Waals surface area contributed by atoms with Gasteiger partial charge in [0, 0.05) is 17.6 Å². The van der Waals surface area contributed by atoms with Gasteiger partial charge >= 0.3 is 0 Å². The van der Waals surface area contributed by atoms with Gasteiger partial charge in [0.25, 0.3) is 11.5 Å². The van der Waals surface area contributed by atoms with Crippen molar-refractivity contribution in [2.24, 2.45) is 5.10 Å². The molecule has 1 aromatic heterocycles. The zero-order valence-corrected chi connectivity index (χ0v) is 22.3. The van der Waals surface area contributed by atoms with Gasteiger partial charge < -0.3 is 14.4 Å². The Morgan fingerprint density at radius 2 is 1.88 bits per heavy atom. The average Bonchev–Trinajstić information content (AvgIpc) is 2.79. The van der Waals surface area contributed by atoms with Gasteiger partial charge in [0.05, 0.1) is 39.3 Å². The summed E-state index contributed by atoms with van der Waals surface area (Å²) in [4.78, 5) is 31.4. The van der Waals surface area contributed by atoms with Crippen LogP contribution < -0.4 is 10.3 Å². The molecule has 0 N–H and O–H groups in total. The monoisotopic (exact) mass is 640 g/mol. The highest BCUT2D eigenvalue weighted by molar-refractivity contribution is 9.11. The molecule has 1 aliphatic rings. The Kier molecular flexibility index (Phi) is 7.62. The van der Waals surface area contributed by atoms with Crippen molar-refractivity contribution >= 4 is 70.8 Å². The van der Waals surface area contributed by atoms with Crippen LogP contribution in [0.4, 0.5) is 0 Å². The molecule has 11 heteroatoms. The normalized spacial score (nSPS) is 14.2. The van der Waals surface area contributed by atoms with Crippen molar-refractivity contribution in [2.45, 2.75) is 6.92 Å². The number of aryl methyl sites for hydroxylation is 1. The second-order valence-electron chi connectivity index (χ2n) is 7.28. The van der Waals surface area contributed by atoms with Gasteiger partial charge in [-0.05, 0) is 74.7 Å². The van der Waals surface area contributed by atoms with Crippen LogP contribution in [0.2, 0.25) is 0 Å². The van der Waals surface area contributed by atoms with E-state index >= 15 is 0 Å². The molecule has 0 atom stereocenters. The molecule has 2 heterocycles. The van der Waals surface area contributed by atoms with Crippen molar-refractivity contribution < 1.29 is 14.3 Å². The number of amides is 1. The van der Waals surface area contributed by atoms with E-state index in [2.05, 4.69) is 57.9 Å². The molecule has 0 unspecified atom stereocenters. The number of nitrogens with zero attached hydrogens (tertiary/aromatic N) is 4. The number of morpholine rings is 1. The number of halogens is 3. The molecule has 2 aromatic carbocycles. The molecule has 1 aliphatic heterocycles. The molecule has 0 aliphatic carbocycles. The molecule has 0 bridgehead atoms. The molecule has 0 spiro atoms. The maximum atomic E-state index is 12.9. The number of hydrogen-bond acceptors (Lipinski definition) is 6. The number of carbonyl (C=O) groups is 1. The van der Waals surface area contributed by atoms with Crippen molar-refractivity contribution in [1.29, 1.82) is 0 Å². The summed E-state index contributed by atoms with van der Waals surface area (Å²) in [6, 6.07) is 8.96. The lowest BCUT2D eigenvalue weighted by atomic mass is 10.2. The van der Waals surface area contributed by atoms with Gasteiger partial charge in [0.15, 0.2) is 6.61 Å². The molecule has 1 fully saturated rings. The number of rotatable bonds is 5. The third-order valence-corrected chi connectivity index (χ3v) is 6.69. The lowest BCUT2D eigenvalue weighted by molar-refractivity contribution is -0.137. The summed E-state index contributed by atoms with van der Waals surface area (Å²) in [5.74, 6) is 0.901. The lowest BCUT2D eigenvalue weighted by Gasteiger charge is -2.26. The van der Waals surface area contributed by atoms with Crippen LogP contribution in [0.25, 0.3) is 10.9 Å². The number of ether oxygens (including phenoxy) is 2. The molecule has 0 saturated carbocycles. The number of aromatic nitrogens is 2. The molecule has 3 aromatic rings. The Hall–Kier alpha value is -2.08. The Morgan fingerprint density at radius 3 is 2.58 bits per heavy atom. The van der Waals surface area contributed by atoms with Gasteiger partial charge in [-0.1, -0.05) is 15.9 Å². The molecule has 33 heavy (non-hydrogen) atoms. The molecule has 0 radical (unpaired) electrons. The SMILES string of the molecule is Cc1nc2ccc(Br)cc2c(=O)n1N=Cc1cc(Br)c(OCC(=O)N2CCOCC2)c(Br)c1. The van der Waals surface area contributed by atoms with E-state index < -0.39 is 0 Å². The predicted molar refractivity (Wildman–Crippen MR) is 136 cm³/mol. The van der Waals surface area contributed by atoms with Crippen LogP contribution >= 0.6 is 47.8 Å². The van der Waals surface area contributed by atoms with Crippen LogP contribution in [0.3, 0.4) is 0 Å². The summed E-state index contributed by atoms with van der Waals surface area (Å²) >= 11 is 10.4. The van der Waals surface area contributed by atoms with Gasteiger partial charge in [-0.25, -0.2) is 4.98 Å². The van der Waals surface area contributed by atoms with Crippen molar-refractivity contribution in [3.63, 3.8) is 0 Å². The van der Waals surface area contributed by atoms with E-state index in [-0.39, 0.29) is 18.1 Å². The summed E-state index contributed by atoms with van der Waals surface area (Å²) in [6.07, 6.45) is 1.57. The maximum absolute atomic E-state index is 12.9. The van der Waals surface area contributed by atoms with E-state index in [0.29, 0.717) is 57.7 Å². The number of fused-ring (bicyclic) bond motifs is 1. The molecule has 1 amide bonds. The highest BCUT2D eigenvalue weighted by Crippen LogP contribution is 2.34. The van der Waals surface area contributed by atoms with Gasteiger partial charge in [-0.15, -0.1) is 0 Å². The largest absolute Gasteiger partial charge is 0.481 e. The van der Waals surface area contributed by atoms with Crippen molar-refractivity contribution in [2.75, 3.05) is 32.9 Å². The smallest absolute Gasteiger partial charge is 0.282 e. The number of benzene rings is 2. The highest BCUT2D eigenvalue weighted by atomic mass is 79.9. The van der Waals surface area contributed by atoms with Crippen molar-refractivity contribution in [3.05, 3.63) is 65.5 Å². The second kappa shape index (κ2) is 10.5. The third kappa shape index (κ3) is 5.53. The maximum Gasteiger partial charge on any atom is 0.282 e. The van der Waals surface area contributed by atoms with E-state index in [0.717, 1.165) is 10.0 Å². The van der Waals surface area contributed by atoms with Crippen molar-refractivity contribution in [1.82, 2.24) is 14.6 Å². The van der Waals surface area contributed by atoms with Crippen LogP contribution in [0.1, 0.15) is 11.4 Å². The van der Waals surface area contributed by atoms with E-state index in [4.69, 9.17) is 9.47 Å². The van der Waals surface area contributed by atoms with Crippen LogP contribution in [0.15, 0.2) is 53.6 Å². The zero-order valence-electron chi connectivity index (χ0n) is 17.6. The quantitative estimate of drug-likeness (QED) is 0.391. The first-order chi connectivity index (χ1) is 15.8. The van der Waals surface area contributed by atoms with Gasteiger partial charge in [-0.2, -0.15) is 9.78 Å². The molecular weight excluding hydrogens is 624 g/mol. The highest BCUT2D eigenvalue weighted by Gasteiger charge is 2.18. The first kappa shape index (κ1) is 24.1. The van der Waals surface area contributed by atoms with Gasteiger partial charge in [0.2, 0.25) is 0 Å². The van der Waals surface area contributed by atoms with E-state index in [1.165, 1.54) is 4.68 Å². The summed E-state index contributed by atoms with van der Waals surface area (Å²) in [5.41, 5.74) is 1.08. The summed E-state index contributed by atoms with van der Waals surface area (Å²) in [7, 11) is 0. The van der Waals surface area contributed by atoms with E-state index in [1.807, 2.05) is 6.07 Å². The second-order valence-corrected chi connectivity index (χ2v) is 9.90. The zero-order chi connectivity index (χ0) is 23.5. The van der Waals surface area contributed by atoms with Crippen molar-refractivity contribution in [3.8, 4) is 5.75 Å². The van der Waals surface area contributed by atoms with E-state index in [9.17, 15) is 9.59 Å². The predicted octanol–water partition coefficient (Wildman–Crippen LogP) is 4.11. The molecular formula is C22H19Br3N4O4. The standard InChI is InChI=1S/C22H19Br3N4O4/c1-13-27-19-3-2-15(23)10-16(19)22(31)29(13)26-11-14-8-17(24)21(18(25)9-14)33-12-20(30)28-4-6-32-7-5-28/h2-3,8-11H,4-7,12H2,1H3. The van der Waals surface area contributed by atoms with Gasteiger partial charge in [0.1, 0.15) is 11.6 Å². The fourth-order valence-electron chi connectivity index (χ4n) is 3.35. The fourth-order valence-corrected chi connectivity index (χ4v) is 5.16. The number of hydrogen-bond donors (Lipinski definition) is 0. The average molecular weight is 643 g/mol. The fraction of sp³-hybridized carbons (Fsp3) is 0.273.